The fourth-order valence-corrected chi connectivity index (χ4v) is 2.52. The lowest BCUT2D eigenvalue weighted by atomic mass is 10.0. The van der Waals surface area contributed by atoms with E-state index in [0.29, 0.717) is 17.1 Å². The predicted molar refractivity (Wildman–Crippen MR) is 82.0 cm³/mol. The zero-order valence-electron chi connectivity index (χ0n) is 12.4. The number of carbonyl (C=O) groups is 1. The highest BCUT2D eigenvalue weighted by atomic mass is 19.3. The molecule has 1 aromatic carbocycles. The van der Waals surface area contributed by atoms with Crippen molar-refractivity contribution in [2.75, 3.05) is 18.8 Å². The topological polar surface area (TPSA) is 72.1 Å². The number of hydrogen-bond donors (Lipinski definition) is 1. The molecule has 3 rings (SSSR count). The highest BCUT2D eigenvalue weighted by Crippen LogP contribution is 2.28. The number of alkyl halides is 2. The summed E-state index contributed by atoms with van der Waals surface area (Å²) in [5.74, 6) is -2.60. The maximum absolute atomic E-state index is 13.2. The number of anilines is 1. The second-order valence-electron chi connectivity index (χ2n) is 5.56. The molecule has 1 fully saturated rings. The van der Waals surface area contributed by atoms with Gasteiger partial charge < -0.3 is 10.6 Å². The molecule has 1 amide bonds. The summed E-state index contributed by atoms with van der Waals surface area (Å²) in [6, 6.07) is 6.90. The summed E-state index contributed by atoms with van der Waals surface area (Å²) >= 11 is 0. The smallest absolute Gasteiger partial charge is 0.253 e. The molecule has 0 saturated carbocycles. The first kappa shape index (κ1) is 15.3. The Kier molecular flexibility index (Phi) is 3.94. The van der Waals surface area contributed by atoms with Crippen LogP contribution < -0.4 is 5.73 Å². The minimum absolute atomic E-state index is 0.0672. The number of nitrogens with zero attached hydrogens (tertiary/aromatic N) is 3. The minimum atomic E-state index is -2.67. The summed E-state index contributed by atoms with van der Waals surface area (Å²) in [6.07, 6.45) is 2.39. The Hall–Kier alpha value is -2.57. The van der Waals surface area contributed by atoms with Crippen molar-refractivity contribution >= 4 is 11.7 Å². The third-order valence-electron chi connectivity index (χ3n) is 3.86. The Morgan fingerprint density at radius 1 is 1.17 bits per heavy atom. The average molecular weight is 318 g/mol. The highest BCUT2D eigenvalue weighted by molar-refractivity contribution is 5.95. The van der Waals surface area contributed by atoms with Crippen molar-refractivity contribution < 1.29 is 13.6 Å². The fraction of sp³-hybridized carbons (Fsp3) is 0.312. The number of hydrogen-bond acceptors (Lipinski definition) is 4. The maximum Gasteiger partial charge on any atom is 0.253 e. The molecular formula is C16H16F2N4O. The van der Waals surface area contributed by atoms with Crippen LogP contribution in [0.3, 0.4) is 0 Å². The van der Waals surface area contributed by atoms with Gasteiger partial charge in [0, 0.05) is 37.1 Å². The van der Waals surface area contributed by atoms with Crippen LogP contribution in [-0.4, -0.2) is 39.8 Å². The van der Waals surface area contributed by atoms with Crippen molar-refractivity contribution in [3.63, 3.8) is 0 Å². The first-order chi connectivity index (χ1) is 10.9. The molecular weight excluding hydrogens is 302 g/mol. The van der Waals surface area contributed by atoms with Gasteiger partial charge in [0.25, 0.3) is 11.8 Å². The molecule has 7 heteroatoms. The molecule has 0 spiro atoms. The van der Waals surface area contributed by atoms with E-state index in [4.69, 9.17) is 5.73 Å². The normalized spacial score (nSPS) is 17.0. The molecule has 1 aromatic heterocycles. The van der Waals surface area contributed by atoms with Crippen molar-refractivity contribution in [3.8, 4) is 11.3 Å². The van der Waals surface area contributed by atoms with Gasteiger partial charge >= 0.3 is 0 Å². The SMILES string of the molecule is Nc1cnc(-c2cccc(C(=O)N3CCC(F)(F)CC3)c2)cn1. The van der Waals surface area contributed by atoms with Gasteiger partial charge in [0.2, 0.25) is 0 Å². The Bertz CT molecular complexity index is 708. The quantitative estimate of drug-likeness (QED) is 0.924. The number of aromatic nitrogens is 2. The van der Waals surface area contributed by atoms with E-state index >= 15 is 0 Å². The molecule has 0 radical (unpaired) electrons. The van der Waals surface area contributed by atoms with Gasteiger partial charge in [-0.25, -0.2) is 13.8 Å². The van der Waals surface area contributed by atoms with Gasteiger partial charge in [0.15, 0.2) is 0 Å². The first-order valence-corrected chi connectivity index (χ1v) is 7.30. The largest absolute Gasteiger partial charge is 0.382 e. The molecule has 23 heavy (non-hydrogen) atoms. The van der Waals surface area contributed by atoms with Crippen LogP contribution in [-0.2, 0) is 0 Å². The number of piperidine rings is 1. The van der Waals surface area contributed by atoms with E-state index in [9.17, 15) is 13.6 Å². The average Bonchev–Trinajstić information content (AvgIpc) is 2.55. The monoisotopic (exact) mass is 318 g/mol. The van der Waals surface area contributed by atoms with Crippen molar-refractivity contribution in [1.29, 1.82) is 0 Å². The summed E-state index contributed by atoms with van der Waals surface area (Å²) < 4.78 is 26.4. The van der Waals surface area contributed by atoms with Crippen LogP contribution in [0.2, 0.25) is 0 Å². The number of amides is 1. The lowest BCUT2D eigenvalue weighted by molar-refractivity contribution is -0.0494. The molecule has 0 bridgehead atoms. The molecule has 2 heterocycles. The molecule has 2 aromatic rings. The van der Waals surface area contributed by atoms with E-state index < -0.39 is 5.92 Å². The number of carbonyl (C=O) groups excluding carboxylic acids is 1. The number of nitrogen functional groups attached to an aromatic ring is 1. The molecule has 1 aliphatic heterocycles. The zero-order chi connectivity index (χ0) is 16.4. The maximum atomic E-state index is 13.2. The number of likely N-dealkylation sites (tertiary alicyclic amines) is 1. The molecule has 1 aliphatic rings. The molecule has 1 saturated heterocycles. The standard InChI is InChI=1S/C16H16F2N4O/c17-16(18)4-6-22(7-5-16)15(23)12-3-1-2-11(8-12)13-9-21-14(19)10-20-13/h1-3,8-10H,4-7H2,(H2,19,21). The number of halogens is 2. The number of benzene rings is 1. The third kappa shape index (κ3) is 3.44. The van der Waals surface area contributed by atoms with E-state index in [1.807, 2.05) is 0 Å². The van der Waals surface area contributed by atoms with Crippen LogP contribution in [0.1, 0.15) is 23.2 Å². The van der Waals surface area contributed by atoms with Gasteiger partial charge in [-0.1, -0.05) is 12.1 Å². The minimum Gasteiger partial charge on any atom is -0.382 e. The van der Waals surface area contributed by atoms with Gasteiger partial charge in [-0.05, 0) is 12.1 Å². The Balaban J connectivity index is 1.79. The van der Waals surface area contributed by atoms with Crippen LogP contribution in [0, 0.1) is 0 Å². The van der Waals surface area contributed by atoms with Gasteiger partial charge in [0.05, 0.1) is 18.1 Å². The Morgan fingerprint density at radius 2 is 1.91 bits per heavy atom. The van der Waals surface area contributed by atoms with E-state index in [1.165, 1.54) is 17.3 Å². The predicted octanol–water partition coefficient (Wildman–Crippen LogP) is 2.60. The first-order valence-electron chi connectivity index (χ1n) is 7.30. The second-order valence-corrected chi connectivity index (χ2v) is 5.56. The van der Waals surface area contributed by atoms with Crippen LogP contribution in [0.4, 0.5) is 14.6 Å². The van der Waals surface area contributed by atoms with Gasteiger partial charge in [-0.2, -0.15) is 0 Å². The lowest BCUT2D eigenvalue weighted by Gasteiger charge is -2.31. The highest BCUT2D eigenvalue weighted by Gasteiger charge is 2.35. The molecule has 2 N–H and O–H groups in total. The Labute approximate surface area is 132 Å². The van der Waals surface area contributed by atoms with E-state index in [0.717, 1.165) is 5.56 Å². The number of rotatable bonds is 2. The summed E-state index contributed by atoms with van der Waals surface area (Å²) in [6.45, 7) is 0.134. The van der Waals surface area contributed by atoms with Gasteiger partial charge in [0.1, 0.15) is 5.82 Å². The zero-order valence-corrected chi connectivity index (χ0v) is 12.4. The number of nitrogens with two attached hydrogens (primary N) is 1. The summed E-state index contributed by atoms with van der Waals surface area (Å²) in [5, 5.41) is 0. The van der Waals surface area contributed by atoms with Crippen LogP contribution in [0.25, 0.3) is 11.3 Å². The van der Waals surface area contributed by atoms with E-state index in [-0.39, 0.29) is 31.8 Å². The van der Waals surface area contributed by atoms with E-state index in [2.05, 4.69) is 9.97 Å². The van der Waals surface area contributed by atoms with Crippen molar-refractivity contribution in [1.82, 2.24) is 14.9 Å². The van der Waals surface area contributed by atoms with E-state index in [1.54, 1.807) is 24.3 Å². The molecule has 0 unspecified atom stereocenters. The molecule has 0 aliphatic carbocycles. The molecule has 0 atom stereocenters. The van der Waals surface area contributed by atoms with Crippen LogP contribution in [0.15, 0.2) is 36.7 Å². The fourth-order valence-electron chi connectivity index (χ4n) is 2.52. The summed E-state index contributed by atoms with van der Waals surface area (Å²) in [7, 11) is 0. The van der Waals surface area contributed by atoms with Gasteiger partial charge in [-0.3, -0.25) is 9.78 Å². The van der Waals surface area contributed by atoms with Crippen molar-refractivity contribution in [2.24, 2.45) is 0 Å². The second kappa shape index (κ2) is 5.91. The summed E-state index contributed by atoms with van der Waals surface area (Å²) in [4.78, 5) is 22.1. The third-order valence-corrected chi connectivity index (χ3v) is 3.86. The van der Waals surface area contributed by atoms with Crippen LogP contribution in [0.5, 0.6) is 0 Å². The van der Waals surface area contributed by atoms with Gasteiger partial charge in [-0.15, -0.1) is 0 Å². The summed E-state index contributed by atoms with van der Waals surface area (Å²) in [5.41, 5.74) is 7.28. The lowest BCUT2D eigenvalue weighted by Crippen LogP contribution is -2.42. The molecule has 5 nitrogen and oxygen atoms in total. The Morgan fingerprint density at radius 3 is 2.57 bits per heavy atom. The molecule has 120 valence electrons. The van der Waals surface area contributed by atoms with Crippen molar-refractivity contribution in [3.05, 3.63) is 42.2 Å². The van der Waals surface area contributed by atoms with Crippen LogP contribution >= 0.6 is 0 Å². The van der Waals surface area contributed by atoms with Crippen molar-refractivity contribution in [2.45, 2.75) is 18.8 Å².